The fraction of sp³-hybridized carbons (Fsp3) is 0.167. The lowest BCUT2D eigenvalue weighted by Gasteiger charge is -2.10. The van der Waals surface area contributed by atoms with Crippen LogP contribution in [-0.4, -0.2) is 15.7 Å². The van der Waals surface area contributed by atoms with Gasteiger partial charge >= 0.3 is 0 Å². The van der Waals surface area contributed by atoms with Crippen LogP contribution in [0, 0.1) is 0 Å². The van der Waals surface area contributed by atoms with Gasteiger partial charge in [-0.1, -0.05) is 11.6 Å². The van der Waals surface area contributed by atoms with E-state index in [1.54, 1.807) is 43.5 Å². The molecule has 0 radical (unpaired) electrons. The van der Waals surface area contributed by atoms with Gasteiger partial charge in [0.1, 0.15) is 23.8 Å². The second-order valence-corrected chi connectivity index (χ2v) is 5.75. The molecule has 8 heteroatoms. The zero-order valence-electron chi connectivity index (χ0n) is 13.9. The van der Waals surface area contributed by atoms with Crippen LogP contribution in [0.1, 0.15) is 23.2 Å². The molecule has 26 heavy (non-hydrogen) atoms. The Morgan fingerprint density at radius 1 is 1.31 bits per heavy atom. The highest BCUT2D eigenvalue weighted by molar-refractivity contribution is 6.32. The van der Waals surface area contributed by atoms with Gasteiger partial charge in [-0.15, -0.1) is 0 Å². The zero-order valence-corrected chi connectivity index (χ0v) is 14.7. The summed E-state index contributed by atoms with van der Waals surface area (Å²) in [6, 6.07) is 11.2. The van der Waals surface area contributed by atoms with E-state index < -0.39 is 5.91 Å². The van der Waals surface area contributed by atoms with Crippen LogP contribution in [0.15, 0.2) is 57.9 Å². The predicted molar refractivity (Wildman–Crippen MR) is 96.6 cm³/mol. The maximum absolute atomic E-state index is 12.3. The van der Waals surface area contributed by atoms with Gasteiger partial charge in [0, 0.05) is 18.3 Å². The molecule has 0 unspecified atom stereocenters. The Bertz CT molecular complexity index is 967. The van der Waals surface area contributed by atoms with Gasteiger partial charge < -0.3 is 14.5 Å². The molecule has 0 bridgehead atoms. The highest BCUT2D eigenvalue weighted by Gasteiger charge is 2.11. The maximum Gasteiger partial charge on any atom is 0.276 e. The first kappa shape index (κ1) is 17.8. The van der Waals surface area contributed by atoms with Gasteiger partial charge in [-0.05, 0) is 43.3 Å². The number of nitrogens with zero attached hydrogens (tertiary/aromatic N) is 2. The van der Waals surface area contributed by atoms with Gasteiger partial charge in [0.25, 0.3) is 11.5 Å². The van der Waals surface area contributed by atoms with Crippen molar-refractivity contribution in [2.75, 3.05) is 5.32 Å². The number of aromatic nitrogens is 2. The van der Waals surface area contributed by atoms with Crippen LogP contribution in [0.4, 0.5) is 5.69 Å². The van der Waals surface area contributed by atoms with E-state index >= 15 is 0 Å². The molecule has 0 saturated carbocycles. The average Bonchev–Trinajstić information content (AvgIpc) is 3.15. The predicted octanol–water partition coefficient (Wildman–Crippen LogP) is 3.34. The third-order valence-corrected chi connectivity index (χ3v) is 3.83. The lowest BCUT2D eigenvalue weighted by atomic mass is 10.3. The van der Waals surface area contributed by atoms with Crippen LogP contribution in [0.2, 0.25) is 5.02 Å². The van der Waals surface area contributed by atoms with Crippen molar-refractivity contribution >= 4 is 23.2 Å². The van der Waals surface area contributed by atoms with Gasteiger partial charge in [-0.3, -0.25) is 9.59 Å². The number of benzene rings is 1. The number of amides is 1. The summed E-state index contributed by atoms with van der Waals surface area (Å²) in [4.78, 5) is 23.8. The topological polar surface area (TPSA) is 86.4 Å². The summed E-state index contributed by atoms with van der Waals surface area (Å²) >= 11 is 6.20. The minimum absolute atomic E-state index is 0.140. The van der Waals surface area contributed by atoms with E-state index in [4.69, 9.17) is 20.8 Å². The molecular formula is C18H16ClN3O4. The second kappa shape index (κ2) is 7.88. The Morgan fingerprint density at radius 2 is 2.15 bits per heavy atom. The Labute approximate surface area is 154 Å². The van der Waals surface area contributed by atoms with E-state index in [1.165, 1.54) is 16.8 Å². The Kier molecular flexibility index (Phi) is 5.38. The average molecular weight is 374 g/mol. The molecule has 7 nitrogen and oxygen atoms in total. The van der Waals surface area contributed by atoms with Crippen molar-refractivity contribution in [1.29, 1.82) is 0 Å². The summed E-state index contributed by atoms with van der Waals surface area (Å²) < 4.78 is 12.0. The number of halogens is 1. The van der Waals surface area contributed by atoms with Gasteiger partial charge in [-0.2, -0.15) is 5.10 Å². The number of hydrogen-bond acceptors (Lipinski definition) is 5. The number of rotatable bonds is 6. The van der Waals surface area contributed by atoms with Gasteiger partial charge in [0.05, 0.1) is 11.3 Å². The van der Waals surface area contributed by atoms with Crippen LogP contribution in [0.5, 0.6) is 5.75 Å². The summed E-state index contributed by atoms with van der Waals surface area (Å²) in [6.07, 6.45) is 1.56. The summed E-state index contributed by atoms with van der Waals surface area (Å²) in [6.45, 7) is 2.41. The first-order chi connectivity index (χ1) is 12.6. The quantitative estimate of drug-likeness (QED) is 0.716. The van der Waals surface area contributed by atoms with Crippen molar-refractivity contribution in [3.05, 3.63) is 75.6 Å². The normalized spacial score (nSPS) is 10.5. The van der Waals surface area contributed by atoms with Gasteiger partial charge in [-0.25, -0.2) is 4.68 Å². The summed E-state index contributed by atoms with van der Waals surface area (Å²) in [5.74, 6) is 0.710. The lowest BCUT2D eigenvalue weighted by molar-refractivity contribution is 0.102. The Balaban J connectivity index is 1.69. The third kappa shape index (κ3) is 4.12. The fourth-order valence-corrected chi connectivity index (χ4v) is 2.47. The van der Waals surface area contributed by atoms with E-state index in [9.17, 15) is 9.59 Å². The smallest absolute Gasteiger partial charge is 0.276 e. The molecule has 0 atom stereocenters. The number of furan rings is 1. The molecule has 0 spiro atoms. The van der Waals surface area contributed by atoms with Gasteiger partial charge in [0.15, 0.2) is 0 Å². The molecule has 1 N–H and O–H groups in total. The van der Waals surface area contributed by atoms with Crippen molar-refractivity contribution in [1.82, 2.24) is 9.78 Å². The molecule has 1 amide bonds. The van der Waals surface area contributed by atoms with E-state index in [-0.39, 0.29) is 17.9 Å². The number of carbonyl (C=O) groups is 1. The van der Waals surface area contributed by atoms with Crippen LogP contribution in [0.25, 0.3) is 0 Å². The van der Waals surface area contributed by atoms with E-state index in [1.807, 2.05) is 0 Å². The number of aryl methyl sites for hydroxylation is 1. The first-order valence-corrected chi connectivity index (χ1v) is 8.29. The van der Waals surface area contributed by atoms with E-state index in [0.717, 1.165) is 0 Å². The summed E-state index contributed by atoms with van der Waals surface area (Å²) in [5, 5.41) is 7.05. The second-order valence-electron chi connectivity index (χ2n) is 5.34. The van der Waals surface area contributed by atoms with Crippen molar-refractivity contribution in [2.45, 2.75) is 20.1 Å². The summed E-state index contributed by atoms with van der Waals surface area (Å²) in [7, 11) is 0. The van der Waals surface area contributed by atoms with Crippen LogP contribution >= 0.6 is 11.6 Å². The number of hydrogen-bond donors (Lipinski definition) is 1. The highest BCUT2D eigenvalue weighted by Crippen LogP contribution is 2.28. The molecule has 0 aliphatic carbocycles. The molecule has 0 aliphatic heterocycles. The number of carbonyl (C=O) groups excluding carboxylic acids is 1. The standard InChI is InChI=1S/C18H16ClN3O4/c1-2-22-17(23)8-6-15(21-22)18(24)20-12-5-7-16(14(19)10-12)26-11-13-4-3-9-25-13/h3-10H,2,11H2,1H3,(H,20,24). The Hall–Kier alpha value is -3.06. The molecule has 1 aromatic carbocycles. The maximum atomic E-state index is 12.3. The van der Waals surface area contributed by atoms with Crippen LogP contribution in [-0.2, 0) is 13.2 Å². The SMILES string of the molecule is CCn1nc(C(=O)Nc2ccc(OCc3ccco3)c(Cl)c2)ccc1=O. The number of ether oxygens (including phenoxy) is 1. The number of anilines is 1. The van der Waals surface area contributed by atoms with E-state index in [2.05, 4.69) is 10.4 Å². The molecular weight excluding hydrogens is 358 g/mol. The third-order valence-electron chi connectivity index (χ3n) is 3.54. The largest absolute Gasteiger partial charge is 0.484 e. The van der Waals surface area contributed by atoms with Crippen molar-refractivity contribution in [2.24, 2.45) is 0 Å². The molecule has 0 aliphatic rings. The zero-order chi connectivity index (χ0) is 18.5. The lowest BCUT2D eigenvalue weighted by Crippen LogP contribution is -2.25. The van der Waals surface area contributed by atoms with Gasteiger partial charge in [0.2, 0.25) is 0 Å². The van der Waals surface area contributed by atoms with Crippen LogP contribution in [0.3, 0.4) is 0 Å². The molecule has 2 heterocycles. The Morgan fingerprint density at radius 3 is 2.85 bits per heavy atom. The van der Waals surface area contributed by atoms with Crippen molar-refractivity contribution < 1.29 is 13.9 Å². The minimum Gasteiger partial charge on any atom is -0.484 e. The first-order valence-electron chi connectivity index (χ1n) is 7.91. The van der Waals surface area contributed by atoms with Crippen molar-refractivity contribution in [3.63, 3.8) is 0 Å². The molecule has 0 fully saturated rings. The fourth-order valence-electron chi connectivity index (χ4n) is 2.23. The monoisotopic (exact) mass is 373 g/mol. The minimum atomic E-state index is -0.437. The molecule has 2 aromatic heterocycles. The highest BCUT2D eigenvalue weighted by atomic mass is 35.5. The summed E-state index contributed by atoms with van der Waals surface area (Å²) in [5.41, 5.74) is 0.368. The number of nitrogens with one attached hydrogen (secondary N) is 1. The molecule has 134 valence electrons. The van der Waals surface area contributed by atoms with Crippen molar-refractivity contribution in [3.8, 4) is 5.75 Å². The molecule has 0 saturated heterocycles. The van der Waals surface area contributed by atoms with E-state index in [0.29, 0.717) is 28.8 Å². The van der Waals surface area contributed by atoms with Crippen LogP contribution < -0.4 is 15.6 Å². The molecule has 3 rings (SSSR count). The molecule has 3 aromatic rings.